The van der Waals surface area contributed by atoms with E-state index in [0.29, 0.717) is 18.1 Å². The third kappa shape index (κ3) is 3.36. The lowest BCUT2D eigenvalue weighted by molar-refractivity contribution is 0.0727. The van der Waals surface area contributed by atoms with Crippen molar-refractivity contribution in [3.05, 3.63) is 90.4 Å². The molecule has 0 unspecified atom stereocenters. The number of likely N-dealkylation sites (tertiary alicyclic amines) is 1. The summed E-state index contributed by atoms with van der Waals surface area (Å²) in [7, 11) is 0. The molecular formula is C24H20N4O. The van der Waals surface area contributed by atoms with E-state index in [4.69, 9.17) is 4.98 Å². The Bertz CT molecular complexity index is 1180. The molecule has 1 atom stereocenters. The summed E-state index contributed by atoms with van der Waals surface area (Å²) in [4.78, 5) is 28.9. The maximum Gasteiger partial charge on any atom is 0.273 e. The Hall–Kier alpha value is -3.60. The van der Waals surface area contributed by atoms with E-state index in [9.17, 15) is 4.79 Å². The van der Waals surface area contributed by atoms with Gasteiger partial charge < -0.3 is 4.90 Å². The van der Waals surface area contributed by atoms with Crippen LogP contribution in [0.1, 0.15) is 35.1 Å². The molecule has 3 heterocycles. The molecule has 5 heteroatoms. The first-order valence-corrected chi connectivity index (χ1v) is 9.85. The summed E-state index contributed by atoms with van der Waals surface area (Å²) in [6.07, 6.45) is 3.62. The minimum atomic E-state index is -0.0544. The number of rotatable bonds is 3. The molecule has 0 spiro atoms. The lowest BCUT2D eigenvalue weighted by atomic mass is 10.1. The Balaban J connectivity index is 1.46. The van der Waals surface area contributed by atoms with Gasteiger partial charge >= 0.3 is 0 Å². The third-order valence-electron chi connectivity index (χ3n) is 5.38. The van der Waals surface area contributed by atoms with Gasteiger partial charge in [0.15, 0.2) is 5.82 Å². The molecule has 29 heavy (non-hydrogen) atoms. The molecule has 1 saturated heterocycles. The average molecular weight is 380 g/mol. The number of para-hydroxylation sites is 1. The van der Waals surface area contributed by atoms with Gasteiger partial charge in [0.05, 0.1) is 17.3 Å². The predicted molar refractivity (Wildman–Crippen MR) is 112 cm³/mol. The van der Waals surface area contributed by atoms with E-state index in [0.717, 1.165) is 35.0 Å². The van der Waals surface area contributed by atoms with Crippen molar-refractivity contribution in [2.24, 2.45) is 0 Å². The van der Waals surface area contributed by atoms with E-state index >= 15 is 0 Å². The molecule has 1 aliphatic rings. The zero-order valence-corrected chi connectivity index (χ0v) is 15.9. The maximum atomic E-state index is 13.2. The third-order valence-corrected chi connectivity index (χ3v) is 5.38. The van der Waals surface area contributed by atoms with Gasteiger partial charge in [0.25, 0.3) is 5.91 Å². The molecule has 1 amide bonds. The molecule has 0 bridgehead atoms. The first kappa shape index (κ1) is 17.5. The van der Waals surface area contributed by atoms with Gasteiger partial charge in [0, 0.05) is 23.7 Å². The number of carbonyl (C=O) groups is 1. The van der Waals surface area contributed by atoms with Gasteiger partial charge in [-0.3, -0.25) is 4.79 Å². The Morgan fingerprint density at radius 2 is 1.72 bits per heavy atom. The van der Waals surface area contributed by atoms with Gasteiger partial charge in [-0.2, -0.15) is 0 Å². The fourth-order valence-corrected chi connectivity index (χ4v) is 3.93. The number of aromatic nitrogens is 3. The van der Waals surface area contributed by atoms with E-state index in [1.54, 1.807) is 6.20 Å². The molecular weight excluding hydrogens is 360 g/mol. The number of pyridine rings is 1. The van der Waals surface area contributed by atoms with Crippen molar-refractivity contribution in [1.82, 2.24) is 19.9 Å². The highest BCUT2D eigenvalue weighted by Crippen LogP contribution is 2.32. The van der Waals surface area contributed by atoms with Crippen molar-refractivity contribution in [2.45, 2.75) is 18.9 Å². The van der Waals surface area contributed by atoms with Gasteiger partial charge in [-0.15, -0.1) is 0 Å². The number of nitrogens with zero attached hydrogens (tertiary/aromatic N) is 4. The predicted octanol–water partition coefficient (Wildman–Crippen LogP) is 4.67. The van der Waals surface area contributed by atoms with Crippen LogP contribution in [-0.2, 0) is 0 Å². The molecule has 5 rings (SSSR count). The second-order valence-electron chi connectivity index (χ2n) is 7.22. The van der Waals surface area contributed by atoms with Crippen molar-refractivity contribution in [3.63, 3.8) is 0 Å². The summed E-state index contributed by atoms with van der Waals surface area (Å²) in [6.45, 7) is 0.711. The second-order valence-corrected chi connectivity index (χ2v) is 7.22. The monoisotopic (exact) mass is 380 g/mol. The fraction of sp³-hybridized carbons (Fsp3) is 0.167. The number of benzene rings is 2. The maximum absolute atomic E-state index is 13.2. The van der Waals surface area contributed by atoms with Crippen molar-refractivity contribution in [1.29, 1.82) is 0 Å². The first-order chi connectivity index (χ1) is 14.3. The highest BCUT2D eigenvalue weighted by Gasteiger charge is 2.32. The highest BCUT2D eigenvalue weighted by atomic mass is 16.2. The van der Waals surface area contributed by atoms with E-state index in [1.807, 2.05) is 77.7 Å². The highest BCUT2D eigenvalue weighted by molar-refractivity contribution is 5.95. The number of carbonyl (C=O) groups excluding carboxylic acids is 1. The smallest absolute Gasteiger partial charge is 0.273 e. The number of amides is 1. The number of fused-ring (bicyclic) bond motifs is 1. The molecule has 5 nitrogen and oxygen atoms in total. The summed E-state index contributed by atoms with van der Waals surface area (Å²) in [5.74, 6) is 0.643. The molecule has 0 radical (unpaired) electrons. The van der Waals surface area contributed by atoms with Crippen LogP contribution < -0.4 is 0 Å². The summed E-state index contributed by atoms with van der Waals surface area (Å²) in [5, 5.41) is 1.03. The zero-order valence-electron chi connectivity index (χ0n) is 15.9. The molecule has 2 aromatic carbocycles. The van der Waals surface area contributed by atoms with Gasteiger partial charge in [-0.05, 0) is 31.0 Å². The number of hydrogen-bond donors (Lipinski definition) is 0. The van der Waals surface area contributed by atoms with Crippen molar-refractivity contribution >= 4 is 16.8 Å². The fourth-order valence-electron chi connectivity index (χ4n) is 3.93. The minimum Gasteiger partial charge on any atom is -0.329 e. The van der Waals surface area contributed by atoms with Crippen LogP contribution in [0.15, 0.2) is 79.0 Å². The Labute approximate surface area is 169 Å². The van der Waals surface area contributed by atoms with Crippen molar-refractivity contribution in [3.8, 4) is 11.4 Å². The van der Waals surface area contributed by atoms with E-state index in [2.05, 4.69) is 9.97 Å². The van der Waals surface area contributed by atoms with Crippen LogP contribution in [0, 0.1) is 0 Å². The Kier molecular flexibility index (Phi) is 4.48. The minimum absolute atomic E-state index is 0.0434. The quantitative estimate of drug-likeness (QED) is 0.518. The van der Waals surface area contributed by atoms with Gasteiger partial charge in [0.1, 0.15) is 5.69 Å². The molecule has 0 saturated carbocycles. The Morgan fingerprint density at radius 3 is 2.62 bits per heavy atom. The van der Waals surface area contributed by atoms with Crippen LogP contribution in [0.3, 0.4) is 0 Å². The molecule has 1 fully saturated rings. The molecule has 0 aliphatic carbocycles. The van der Waals surface area contributed by atoms with Crippen LogP contribution in [0.25, 0.3) is 22.3 Å². The SMILES string of the molecule is O=C(c1ccc2ccccc2n1)N1CCC[C@H]1c1ccnc(-c2ccccc2)n1. The second kappa shape index (κ2) is 7.43. The van der Waals surface area contributed by atoms with Crippen LogP contribution in [-0.4, -0.2) is 32.3 Å². The van der Waals surface area contributed by atoms with Crippen molar-refractivity contribution < 1.29 is 4.79 Å². The molecule has 0 N–H and O–H groups in total. The summed E-state index contributed by atoms with van der Waals surface area (Å²) in [5.41, 5.74) is 3.17. The Morgan fingerprint density at radius 1 is 0.897 bits per heavy atom. The van der Waals surface area contributed by atoms with Crippen LogP contribution in [0.5, 0.6) is 0 Å². The average Bonchev–Trinajstić information content (AvgIpc) is 3.29. The van der Waals surface area contributed by atoms with Gasteiger partial charge in [-0.1, -0.05) is 54.6 Å². The van der Waals surface area contributed by atoms with Crippen LogP contribution >= 0.6 is 0 Å². The van der Waals surface area contributed by atoms with Gasteiger partial charge in [-0.25, -0.2) is 15.0 Å². The first-order valence-electron chi connectivity index (χ1n) is 9.85. The van der Waals surface area contributed by atoms with E-state index in [1.165, 1.54) is 0 Å². The van der Waals surface area contributed by atoms with E-state index < -0.39 is 0 Å². The van der Waals surface area contributed by atoms with Crippen LogP contribution in [0.4, 0.5) is 0 Å². The van der Waals surface area contributed by atoms with Gasteiger partial charge in [0.2, 0.25) is 0 Å². The van der Waals surface area contributed by atoms with Crippen molar-refractivity contribution in [2.75, 3.05) is 6.54 Å². The standard InChI is InChI=1S/C24H20N4O/c29-24(21-13-12-17-7-4-5-10-19(17)26-21)28-16-6-11-22(28)20-14-15-25-23(27-20)18-8-2-1-3-9-18/h1-5,7-10,12-15,22H,6,11,16H2/t22-/m0/s1. The molecule has 1 aliphatic heterocycles. The van der Waals surface area contributed by atoms with Crippen LogP contribution in [0.2, 0.25) is 0 Å². The largest absolute Gasteiger partial charge is 0.329 e. The lowest BCUT2D eigenvalue weighted by Gasteiger charge is -2.24. The summed E-state index contributed by atoms with van der Waals surface area (Å²) < 4.78 is 0. The normalized spacial score (nSPS) is 16.3. The zero-order chi connectivity index (χ0) is 19.6. The summed E-state index contributed by atoms with van der Waals surface area (Å²) in [6, 6.07) is 23.4. The lowest BCUT2D eigenvalue weighted by Crippen LogP contribution is -2.31. The summed E-state index contributed by atoms with van der Waals surface area (Å²) >= 11 is 0. The number of hydrogen-bond acceptors (Lipinski definition) is 4. The molecule has 2 aromatic heterocycles. The molecule has 4 aromatic rings. The molecule has 142 valence electrons. The topological polar surface area (TPSA) is 59.0 Å². The van der Waals surface area contributed by atoms with E-state index in [-0.39, 0.29) is 11.9 Å².